The van der Waals surface area contributed by atoms with Gasteiger partial charge in [0.25, 0.3) is 0 Å². The van der Waals surface area contributed by atoms with Gasteiger partial charge in [0.2, 0.25) is 0 Å². The number of hydrogen-bond acceptors (Lipinski definition) is 3. The van der Waals surface area contributed by atoms with Crippen LogP contribution in [0.3, 0.4) is 0 Å². The lowest BCUT2D eigenvalue weighted by Gasteiger charge is -2.17. The van der Waals surface area contributed by atoms with E-state index in [1.807, 2.05) is 0 Å². The van der Waals surface area contributed by atoms with Crippen LogP contribution in [0.25, 0.3) is 0 Å². The van der Waals surface area contributed by atoms with Gasteiger partial charge in [-0.2, -0.15) is 0 Å². The number of ether oxygens (including phenoxy) is 1. The highest BCUT2D eigenvalue weighted by molar-refractivity contribution is 5.32. The molecule has 0 saturated heterocycles. The molecule has 1 atom stereocenters. The standard InChI is InChI=1S/C15H23NO2/c1-11(2)16-9-14(17)10-18-15-7-12-5-3-4-6-13(12)8-15/h3-6,11,14-17H,7-10H2,1-2H3. The molecule has 0 saturated carbocycles. The lowest BCUT2D eigenvalue weighted by molar-refractivity contribution is -0.00461. The number of fused-ring (bicyclic) bond motifs is 1. The SMILES string of the molecule is CC(C)NCC(O)COC1Cc2ccccc2C1. The fourth-order valence-electron chi connectivity index (χ4n) is 2.31. The van der Waals surface area contributed by atoms with Crippen LogP contribution < -0.4 is 5.32 Å². The van der Waals surface area contributed by atoms with Crippen LogP contribution in [0.4, 0.5) is 0 Å². The number of nitrogens with one attached hydrogen (secondary N) is 1. The Labute approximate surface area is 109 Å². The third-order valence-electron chi connectivity index (χ3n) is 3.30. The van der Waals surface area contributed by atoms with Crippen molar-refractivity contribution in [3.63, 3.8) is 0 Å². The molecule has 0 radical (unpaired) electrons. The quantitative estimate of drug-likeness (QED) is 0.803. The Morgan fingerprint density at radius 2 is 1.89 bits per heavy atom. The highest BCUT2D eigenvalue weighted by Crippen LogP contribution is 2.23. The summed E-state index contributed by atoms with van der Waals surface area (Å²) in [4.78, 5) is 0. The highest BCUT2D eigenvalue weighted by atomic mass is 16.5. The molecule has 1 aromatic carbocycles. The summed E-state index contributed by atoms with van der Waals surface area (Å²) in [5.41, 5.74) is 2.77. The monoisotopic (exact) mass is 249 g/mol. The topological polar surface area (TPSA) is 41.5 Å². The maximum absolute atomic E-state index is 9.79. The molecule has 0 fully saturated rings. The zero-order valence-electron chi connectivity index (χ0n) is 11.2. The number of benzene rings is 1. The van der Waals surface area contributed by atoms with Crippen molar-refractivity contribution in [2.75, 3.05) is 13.2 Å². The van der Waals surface area contributed by atoms with Crippen molar-refractivity contribution in [2.24, 2.45) is 0 Å². The summed E-state index contributed by atoms with van der Waals surface area (Å²) < 4.78 is 5.79. The minimum absolute atomic E-state index is 0.232. The normalized spacial score (nSPS) is 17.1. The average molecular weight is 249 g/mol. The molecule has 0 amide bonds. The van der Waals surface area contributed by atoms with Gasteiger partial charge < -0.3 is 15.2 Å². The fourth-order valence-corrected chi connectivity index (χ4v) is 2.31. The lowest BCUT2D eigenvalue weighted by Crippen LogP contribution is -2.35. The van der Waals surface area contributed by atoms with E-state index in [0.717, 1.165) is 12.8 Å². The van der Waals surface area contributed by atoms with Gasteiger partial charge in [0, 0.05) is 12.6 Å². The van der Waals surface area contributed by atoms with Crippen LogP contribution in [-0.4, -0.2) is 36.5 Å². The molecule has 18 heavy (non-hydrogen) atoms. The Balaban J connectivity index is 1.70. The molecule has 3 heteroatoms. The van der Waals surface area contributed by atoms with Gasteiger partial charge in [-0.15, -0.1) is 0 Å². The summed E-state index contributed by atoms with van der Waals surface area (Å²) in [6.07, 6.45) is 1.76. The molecule has 0 spiro atoms. The molecular formula is C15H23NO2. The molecule has 3 nitrogen and oxygen atoms in total. The van der Waals surface area contributed by atoms with Gasteiger partial charge in [0.05, 0.1) is 18.8 Å². The van der Waals surface area contributed by atoms with Crippen molar-refractivity contribution < 1.29 is 9.84 Å². The number of aliphatic hydroxyl groups is 1. The van der Waals surface area contributed by atoms with Crippen LogP contribution in [0.15, 0.2) is 24.3 Å². The molecule has 2 N–H and O–H groups in total. The van der Waals surface area contributed by atoms with Crippen molar-refractivity contribution >= 4 is 0 Å². The first-order valence-electron chi connectivity index (χ1n) is 6.75. The van der Waals surface area contributed by atoms with E-state index in [9.17, 15) is 5.11 Å². The van der Waals surface area contributed by atoms with Crippen molar-refractivity contribution in [3.8, 4) is 0 Å². The van der Waals surface area contributed by atoms with Crippen LogP contribution in [0.2, 0.25) is 0 Å². The number of rotatable bonds is 6. The summed E-state index contributed by atoms with van der Waals surface area (Å²) in [6.45, 7) is 5.15. The molecular weight excluding hydrogens is 226 g/mol. The third-order valence-corrected chi connectivity index (χ3v) is 3.30. The Morgan fingerprint density at radius 3 is 2.44 bits per heavy atom. The van der Waals surface area contributed by atoms with Crippen molar-refractivity contribution in [1.29, 1.82) is 0 Å². The highest BCUT2D eigenvalue weighted by Gasteiger charge is 2.22. The predicted molar refractivity (Wildman–Crippen MR) is 72.7 cm³/mol. The maximum Gasteiger partial charge on any atom is 0.0897 e. The second-order valence-electron chi connectivity index (χ2n) is 5.35. The molecule has 1 aliphatic carbocycles. The van der Waals surface area contributed by atoms with Crippen molar-refractivity contribution in [2.45, 2.75) is 44.9 Å². The van der Waals surface area contributed by atoms with Gasteiger partial charge in [0.15, 0.2) is 0 Å². The molecule has 2 rings (SSSR count). The van der Waals surface area contributed by atoms with Crippen LogP contribution in [0.1, 0.15) is 25.0 Å². The van der Waals surface area contributed by atoms with E-state index < -0.39 is 6.10 Å². The summed E-state index contributed by atoms with van der Waals surface area (Å²) in [6, 6.07) is 8.87. The number of hydrogen-bond donors (Lipinski definition) is 2. The predicted octanol–water partition coefficient (Wildman–Crippen LogP) is 1.53. The van der Waals surface area contributed by atoms with Gasteiger partial charge in [-0.25, -0.2) is 0 Å². The average Bonchev–Trinajstić information content (AvgIpc) is 2.76. The van der Waals surface area contributed by atoms with E-state index in [4.69, 9.17) is 4.74 Å². The summed E-state index contributed by atoms with van der Waals surface area (Å²) in [7, 11) is 0. The van der Waals surface area contributed by atoms with Crippen LogP contribution in [-0.2, 0) is 17.6 Å². The van der Waals surface area contributed by atoms with Crippen LogP contribution in [0, 0.1) is 0 Å². The molecule has 0 aliphatic heterocycles. The van der Waals surface area contributed by atoms with Crippen molar-refractivity contribution in [1.82, 2.24) is 5.32 Å². The van der Waals surface area contributed by atoms with Gasteiger partial charge >= 0.3 is 0 Å². The second-order valence-corrected chi connectivity index (χ2v) is 5.35. The maximum atomic E-state index is 9.79. The van der Waals surface area contributed by atoms with E-state index in [1.165, 1.54) is 11.1 Å². The lowest BCUT2D eigenvalue weighted by atomic mass is 10.1. The van der Waals surface area contributed by atoms with E-state index in [2.05, 4.69) is 43.4 Å². The van der Waals surface area contributed by atoms with Crippen LogP contribution in [0.5, 0.6) is 0 Å². The van der Waals surface area contributed by atoms with Crippen LogP contribution >= 0.6 is 0 Å². The minimum Gasteiger partial charge on any atom is -0.389 e. The Morgan fingerprint density at radius 1 is 1.28 bits per heavy atom. The van der Waals surface area contributed by atoms with Gasteiger partial charge in [-0.3, -0.25) is 0 Å². The summed E-state index contributed by atoms with van der Waals surface area (Å²) in [5.74, 6) is 0. The molecule has 0 aromatic heterocycles. The fraction of sp³-hybridized carbons (Fsp3) is 0.600. The smallest absolute Gasteiger partial charge is 0.0897 e. The third kappa shape index (κ3) is 3.80. The van der Waals surface area contributed by atoms with Crippen molar-refractivity contribution in [3.05, 3.63) is 35.4 Å². The molecule has 0 bridgehead atoms. The molecule has 1 aromatic rings. The Hall–Kier alpha value is -0.900. The zero-order valence-corrected chi connectivity index (χ0v) is 11.2. The summed E-state index contributed by atoms with van der Waals surface area (Å²) in [5, 5.41) is 13.0. The van der Waals surface area contributed by atoms with E-state index >= 15 is 0 Å². The minimum atomic E-state index is -0.420. The van der Waals surface area contributed by atoms with Gasteiger partial charge in [0.1, 0.15) is 0 Å². The first-order chi connectivity index (χ1) is 8.65. The Bertz CT molecular complexity index is 354. The molecule has 1 unspecified atom stereocenters. The van der Waals surface area contributed by atoms with E-state index in [-0.39, 0.29) is 6.10 Å². The van der Waals surface area contributed by atoms with Gasteiger partial charge in [-0.1, -0.05) is 38.1 Å². The first kappa shape index (κ1) is 13.5. The zero-order chi connectivity index (χ0) is 13.0. The Kier molecular flexibility index (Phi) is 4.75. The summed E-state index contributed by atoms with van der Waals surface area (Å²) >= 11 is 0. The molecule has 100 valence electrons. The molecule has 1 aliphatic rings. The largest absolute Gasteiger partial charge is 0.389 e. The van der Waals surface area contributed by atoms with E-state index in [0.29, 0.717) is 19.2 Å². The second kappa shape index (κ2) is 6.32. The van der Waals surface area contributed by atoms with Gasteiger partial charge in [-0.05, 0) is 24.0 Å². The van der Waals surface area contributed by atoms with E-state index in [1.54, 1.807) is 0 Å². The first-order valence-corrected chi connectivity index (χ1v) is 6.75. The number of aliphatic hydroxyl groups excluding tert-OH is 1. The molecule has 0 heterocycles.